The van der Waals surface area contributed by atoms with E-state index in [1.807, 2.05) is 0 Å². The average molecular weight is 169 g/mol. The second-order valence-corrected chi connectivity index (χ2v) is 2.95. The molecular formula is C9H15NO2. The summed E-state index contributed by atoms with van der Waals surface area (Å²) in [5.41, 5.74) is 0. The predicted octanol–water partition coefficient (Wildman–Crippen LogP) is 1.50. The SMILES string of the molecule is C=C[C@H]1CCCCC(=O)N1OC. The zero-order valence-corrected chi connectivity index (χ0v) is 7.45. The second-order valence-electron chi connectivity index (χ2n) is 2.95. The Kier molecular flexibility index (Phi) is 3.29. The van der Waals surface area contributed by atoms with E-state index in [1.54, 1.807) is 6.08 Å². The van der Waals surface area contributed by atoms with Crippen LogP contribution in [0.4, 0.5) is 0 Å². The standard InChI is InChI=1S/C9H15NO2/c1-3-8-6-4-5-7-9(11)10(8)12-2/h3,8H,1,4-7H2,2H3/t8-/m0/s1. The van der Waals surface area contributed by atoms with Crippen molar-refractivity contribution in [3.05, 3.63) is 12.7 Å². The number of hydrogen-bond acceptors (Lipinski definition) is 2. The minimum absolute atomic E-state index is 0.0602. The van der Waals surface area contributed by atoms with Crippen molar-refractivity contribution in [1.82, 2.24) is 5.06 Å². The van der Waals surface area contributed by atoms with Crippen molar-refractivity contribution in [2.45, 2.75) is 31.7 Å². The van der Waals surface area contributed by atoms with E-state index in [2.05, 4.69) is 6.58 Å². The third-order valence-corrected chi connectivity index (χ3v) is 2.16. The van der Waals surface area contributed by atoms with Crippen LogP contribution >= 0.6 is 0 Å². The lowest BCUT2D eigenvalue weighted by Gasteiger charge is -2.24. The maximum Gasteiger partial charge on any atom is 0.246 e. The molecule has 0 saturated carbocycles. The van der Waals surface area contributed by atoms with Gasteiger partial charge in [-0.1, -0.05) is 12.5 Å². The Morgan fingerprint density at radius 1 is 1.67 bits per heavy atom. The van der Waals surface area contributed by atoms with E-state index in [9.17, 15) is 4.79 Å². The summed E-state index contributed by atoms with van der Waals surface area (Å²) in [5.74, 6) is 0.0694. The summed E-state index contributed by atoms with van der Waals surface area (Å²) < 4.78 is 0. The van der Waals surface area contributed by atoms with Crippen LogP contribution in [0.3, 0.4) is 0 Å². The van der Waals surface area contributed by atoms with Crippen LogP contribution in [0.1, 0.15) is 25.7 Å². The Morgan fingerprint density at radius 3 is 3.00 bits per heavy atom. The topological polar surface area (TPSA) is 29.5 Å². The summed E-state index contributed by atoms with van der Waals surface area (Å²) in [4.78, 5) is 16.4. The molecule has 1 aliphatic heterocycles. The van der Waals surface area contributed by atoms with Gasteiger partial charge in [-0.25, -0.2) is 5.06 Å². The van der Waals surface area contributed by atoms with E-state index in [1.165, 1.54) is 12.2 Å². The molecule has 1 atom stereocenters. The van der Waals surface area contributed by atoms with Crippen LogP contribution < -0.4 is 0 Å². The largest absolute Gasteiger partial charge is 0.274 e. The molecule has 3 heteroatoms. The molecule has 0 unspecified atom stereocenters. The maximum absolute atomic E-state index is 11.4. The molecule has 0 aromatic carbocycles. The fourth-order valence-corrected chi connectivity index (χ4v) is 1.49. The Morgan fingerprint density at radius 2 is 2.42 bits per heavy atom. The lowest BCUT2D eigenvalue weighted by molar-refractivity contribution is -0.182. The number of nitrogens with zero attached hydrogens (tertiary/aromatic N) is 1. The van der Waals surface area contributed by atoms with Gasteiger partial charge < -0.3 is 0 Å². The molecule has 1 aliphatic rings. The van der Waals surface area contributed by atoms with E-state index in [0.29, 0.717) is 6.42 Å². The van der Waals surface area contributed by atoms with Crippen LogP contribution in [0.25, 0.3) is 0 Å². The molecule has 1 rings (SSSR count). The zero-order chi connectivity index (χ0) is 8.97. The molecule has 0 N–H and O–H groups in total. The van der Waals surface area contributed by atoms with E-state index in [0.717, 1.165) is 19.3 Å². The smallest absolute Gasteiger partial charge is 0.246 e. The Labute approximate surface area is 73.0 Å². The maximum atomic E-state index is 11.4. The van der Waals surface area contributed by atoms with Crippen LogP contribution in [-0.2, 0) is 9.63 Å². The summed E-state index contributed by atoms with van der Waals surface area (Å²) in [6.45, 7) is 3.68. The highest BCUT2D eigenvalue weighted by Gasteiger charge is 2.23. The monoisotopic (exact) mass is 169 g/mol. The van der Waals surface area contributed by atoms with E-state index in [4.69, 9.17) is 4.84 Å². The van der Waals surface area contributed by atoms with Gasteiger partial charge in [0.2, 0.25) is 5.91 Å². The third-order valence-electron chi connectivity index (χ3n) is 2.16. The average Bonchev–Trinajstić information content (AvgIpc) is 2.26. The lowest BCUT2D eigenvalue weighted by Crippen LogP contribution is -2.36. The highest BCUT2D eigenvalue weighted by atomic mass is 16.7. The van der Waals surface area contributed by atoms with Crippen LogP contribution in [0.15, 0.2) is 12.7 Å². The Balaban J connectivity index is 2.68. The van der Waals surface area contributed by atoms with Crippen molar-refractivity contribution < 1.29 is 9.63 Å². The van der Waals surface area contributed by atoms with Crippen molar-refractivity contribution in [3.63, 3.8) is 0 Å². The van der Waals surface area contributed by atoms with Crippen LogP contribution in [0, 0.1) is 0 Å². The zero-order valence-electron chi connectivity index (χ0n) is 7.45. The molecule has 68 valence electrons. The van der Waals surface area contributed by atoms with Gasteiger partial charge in [0.15, 0.2) is 0 Å². The number of carbonyl (C=O) groups excluding carboxylic acids is 1. The first-order valence-corrected chi connectivity index (χ1v) is 4.28. The molecule has 1 fully saturated rings. The molecular weight excluding hydrogens is 154 g/mol. The lowest BCUT2D eigenvalue weighted by atomic mass is 10.1. The van der Waals surface area contributed by atoms with Gasteiger partial charge in [0, 0.05) is 6.42 Å². The van der Waals surface area contributed by atoms with Crippen molar-refractivity contribution in [3.8, 4) is 0 Å². The minimum atomic E-state index is 0.0602. The molecule has 0 radical (unpaired) electrons. The van der Waals surface area contributed by atoms with Crippen molar-refractivity contribution in [2.75, 3.05) is 7.11 Å². The van der Waals surface area contributed by atoms with Gasteiger partial charge in [-0.05, 0) is 12.8 Å². The summed E-state index contributed by atoms with van der Waals surface area (Å²) in [6, 6.07) is 0.0602. The summed E-state index contributed by atoms with van der Waals surface area (Å²) >= 11 is 0. The van der Waals surface area contributed by atoms with E-state index in [-0.39, 0.29) is 11.9 Å². The predicted molar refractivity (Wildman–Crippen MR) is 46.3 cm³/mol. The Hall–Kier alpha value is -0.830. The summed E-state index contributed by atoms with van der Waals surface area (Å²) in [7, 11) is 1.53. The molecule has 12 heavy (non-hydrogen) atoms. The van der Waals surface area contributed by atoms with E-state index >= 15 is 0 Å². The van der Waals surface area contributed by atoms with E-state index < -0.39 is 0 Å². The summed E-state index contributed by atoms with van der Waals surface area (Å²) in [6.07, 6.45) is 5.36. The second kappa shape index (κ2) is 4.26. The van der Waals surface area contributed by atoms with Gasteiger partial charge in [0.1, 0.15) is 0 Å². The van der Waals surface area contributed by atoms with Gasteiger partial charge >= 0.3 is 0 Å². The highest BCUT2D eigenvalue weighted by molar-refractivity contribution is 5.75. The molecule has 1 amide bonds. The number of amides is 1. The molecule has 0 bridgehead atoms. The van der Waals surface area contributed by atoms with Gasteiger partial charge in [-0.15, -0.1) is 6.58 Å². The molecule has 0 spiro atoms. The van der Waals surface area contributed by atoms with Gasteiger partial charge in [0.25, 0.3) is 0 Å². The number of rotatable bonds is 2. The quantitative estimate of drug-likeness (QED) is 0.586. The first-order valence-electron chi connectivity index (χ1n) is 4.28. The minimum Gasteiger partial charge on any atom is -0.274 e. The molecule has 1 saturated heterocycles. The van der Waals surface area contributed by atoms with Crippen LogP contribution in [0.2, 0.25) is 0 Å². The molecule has 0 aliphatic carbocycles. The van der Waals surface area contributed by atoms with Crippen molar-refractivity contribution in [1.29, 1.82) is 0 Å². The van der Waals surface area contributed by atoms with Crippen molar-refractivity contribution in [2.24, 2.45) is 0 Å². The fraction of sp³-hybridized carbons (Fsp3) is 0.667. The number of carbonyl (C=O) groups is 1. The summed E-state index contributed by atoms with van der Waals surface area (Å²) in [5, 5.41) is 1.43. The number of hydroxylamine groups is 2. The van der Waals surface area contributed by atoms with Crippen LogP contribution in [0.5, 0.6) is 0 Å². The first kappa shape index (κ1) is 9.26. The molecule has 0 aromatic heterocycles. The first-order chi connectivity index (χ1) is 5.79. The third kappa shape index (κ3) is 1.85. The van der Waals surface area contributed by atoms with Gasteiger partial charge in [0.05, 0.1) is 13.2 Å². The Bertz CT molecular complexity index is 179. The molecule has 3 nitrogen and oxygen atoms in total. The van der Waals surface area contributed by atoms with Gasteiger partial charge in [-0.3, -0.25) is 9.63 Å². The van der Waals surface area contributed by atoms with Crippen LogP contribution in [-0.4, -0.2) is 24.1 Å². The number of hydrogen-bond donors (Lipinski definition) is 0. The molecule has 0 aromatic rings. The highest BCUT2D eigenvalue weighted by Crippen LogP contribution is 2.18. The fourth-order valence-electron chi connectivity index (χ4n) is 1.49. The van der Waals surface area contributed by atoms with Gasteiger partial charge in [-0.2, -0.15) is 0 Å². The molecule has 1 heterocycles. The normalized spacial score (nSPS) is 25.2. The van der Waals surface area contributed by atoms with Crippen molar-refractivity contribution >= 4 is 5.91 Å².